The number of nitrogens with two attached hydrogens (primary N) is 3. The van der Waals surface area contributed by atoms with Crippen LogP contribution in [-0.4, -0.2) is 24.3 Å². The fourth-order valence-electron chi connectivity index (χ4n) is 0.887. The second-order valence-electron chi connectivity index (χ2n) is 3.02. The van der Waals surface area contributed by atoms with Crippen LogP contribution in [0.4, 0.5) is 0 Å². The fraction of sp³-hybridized carbons (Fsp3) is 0.750. The van der Waals surface area contributed by atoms with Crippen LogP contribution in [-0.2, 0) is 4.79 Å². The van der Waals surface area contributed by atoms with E-state index in [1.165, 1.54) is 6.92 Å². The van der Waals surface area contributed by atoms with Gasteiger partial charge in [0, 0.05) is 6.54 Å². The molecule has 1 atom stereocenters. The third-order valence-corrected chi connectivity index (χ3v) is 1.74. The molecule has 0 unspecified atom stereocenters. The molecule has 0 radical (unpaired) electrons. The van der Waals surface area contributed by atoms with Gasteiger partial charge in [-0.1, -0.05) is 0 Å². The molecule has 0 amide bonds. The van der Waals surface area contributed by atoms with Crippen molar-refractivity contribution in [1.82, 2.24) is 0 Å². The van der Waals surface area contributed by atoms with E-state index in [1.54, 1.807) is 0 Å². The first kappa shape index (κ1) is 11.9. The Hall–Kier alpha value is -1.10. The average molecular weight is 186 g/mol. The van der Waals surface area contributed by atoms with Gasteiger partial charge in [-0.05, 0) is 26.2 Å². The van der Waals surface area contributed by atoms with Crippen LogP contribution in [0, 0.1) is 0 Å². The number of ketones is 1. The molecule has 0 aromatic carbocycles. The monoisotopic (exact) mass is 186 g/mol. The van der Waals surface area contributed by atoms with Crippen LogP contribution in [0.25, 0.3) is 0 Å². The van der Waals surface area contributed by atoms with E-state index in [-0.39, 0.29) is 17.8 Å². The van der Waals surface area contributed by atoms with E-state index < -0.39 is 0 Å². The van der Waals surface area contributed by atoms with Crippen molar-refractivity contribution in [2.75, 3.05) is 6.54 Å². The summed E-state index contributed by atoms with van der Waals surface area (Å²) in [6, 6.07) is -0.334. The highest BCUT2D eigenvalue weighted by Gasteiger charge is 2.06. The summed E-state index contributed by atoms with van der Waals surface area (Å²) in [5, 5.41) is 0. The van der Waals surface area contributed by atoms with Gasteiger partial charge in [0.1, 0.15) is 5.78 Å². The van der Waals surface area contributed by atoms with Crippen molar-refractivity contribution in [3.63, 3.8) is 0 Å². The lowest BCUT2D eigenvalue weighted by atomic mass is 10.1. The van der Waals surface area contributed by atoms with Gasteiger partial charge in [-0.3, -0.25) is 9.79 Å². The Balaban J connectivity index is 3.36. The van der Waals surface area contributed by atoms with Crippen molar-refractivity contribution >= 4 is 11.7 Å². The number of Topliss-reactive ketones (excluding diaryl/α,β-unsaturated/α-hetero) is 1. The summed E-state index contributed by atoms with van der Waals surface area (Å²) < 4.78 is 0. The molecule has 0 rings (SSSR count). The van der Waals surface area contributed by atoms with Crippen LogP contribution in [0.3, 0.4) is 0 Å². The lowest BCUT2D eigenvalue weighted by Gasteiger charge is -2.05. The Kier molecular flexibility index (Phi) is 5.88. The zero-order valence-corrected chi connectivity index (χ0v) is 7.99. The SMILES string of the molecule is CC(=O)[C@@H](N)CCCCN=C(N)N. The van der Waals surface area contributed by atoms with Crippen LogP contribution in [0.15, 0.2) is 4.99 Å². The predicted octanol–water partition coefficient (Wildman–Crippen LogP) is -0.654. The van der Waals surface area contributed by atoms with E-state index in [9.17, 15) is 4.79 Å². The van der Waals surface area contributed by atoms with Crippen molar-refractivity contribution in [2.24, 2.45) is 22.2 Å². The number of aliphatic imine (C=N–C) groups is 1. The molecule has 5 nitrogen and oxygen atoms in total. The minimum Gasteiger partial charge on any atom is -0.370 e. The summed E-state index contributed by atoms with van der Waals surface area (Å²) in [5.74, 6) is 0.137. The van der Waals surface area contributed by atoms with Crippen LogP contribution in [0.1, 0.15) is 26.2 Å². The van der Waals surface area contributed by atoms with E-state index >= 15 is 0 Å². The Labute approximate surface area is 78.4 Å². The molecule has 0 spiro atoms. The summed E-state index contributed by atoms with van der Waals surface area (Å²) in [6.07, 6.45) is 2.44. The zero-order valence-electron chi connectivity index (χ0n) is 7.99. The number of rotatable bonds is 6. The second-order valence-corrected chi connectivity index (χ2v) is 3.02. The Morgan fingerprint density at radius 1 is 1.38 bits per heavy atom. The van der Waals surface area contributed by atoms with Gasteiger partial charge in [0.2, 0.25) is 0 Å². The standard InChI is InChI=1S/C8H18N4O/c1-6(13)7(9)4-2-3-5-12-8(10)11/h7H,2-5,9H2,1H3,(H4,10,11,12)/t7-/m0/s1. The third kappa shape index (κ3) is 7.27. The molecule has 0 saturated carbocycles. The normalized spacial score (nSPS) is 12.2. The summed E-state index contributed by atoms with van der Waals surface area (Å²) in [6.45, 7) is 2.10. The Bertz CT molecular complexity index is 187. The number of unbranched alkanes of at least 4 members (excludes halogenated alkanes) is 1. The molecule has 0 aliphatic heterocycles. The third-order valence-electron chi connectivity index (χ3n) is 1.74. The number of hydrogen-bond donors (Lipinski definition) is 3. The van der Waals surface area contributed by atoms with Gasteiger partial charge in [0.25, 0.3) is 0 Å². The van der Waals surface area contributed by atoms with Gasteiger partial charge >= 0.3 is 0 Å². The summed E-state index contributed by atoms with van der Waals surface area (Å²) in [7, 11) is 0. The van der Waals surface area contributed by atoms with E-state index in [2.05, 4.69) is 4.99 Å². The van der Waals surface area contributed by atoms with Gasteiger partial charge in [-0.15, -0.1) is 0 Å². The van der Waals surface area contributed by atoms with Crippen molar-refractivity contribution in [1.29, 1.82) is 0 Å². The number of guanidine groups is 1. The first-order valence-corrected chi connectivity index (χ1v) is 4.35. The number of carbonyl (C=O) groups is 1. The average Bonchev–Trinajstić information content (AvgIpc) is 2.02. The van der Waals surface area contributed by atoms with E-state index in [4.69, 9.17) is 17.2 Å². The smallest absolute Gasteiger partial charge is 0.185 e. The largest absolute Gasteiger partial charge is 0.370 e. The van der Waals surface area contributed by atoms with Gasteiger partial charge in [-0.25, -0.2) is 0 Å². The van der Waals surface area contributed by atoms with E-state index in [1.807, 2.05) is 0 Å². The van der Waals surface area contributed by atoms with Gasteiger partial charge in [0.15, 0.2) is 5.96 Å². The lowest BCUT2D eigenvalue weighted by molar-refractivity contribution is -0.118. The molecular weight excluding hydrogens is 168 g/mol. The van der Waals surface area contributed by atoms with Gasteiger partial charge in [-0.2, -0.15) is 0 Å². The molecule has 0 aliphatic carbocycles. The summed E-state index contributed by atoms with van der Waals surface area (Å²) >= 11 is 0. The Morgan fingerprint density at radius 2 is 2.00 bits per heavy atom. The van der Waals surface area contributed by atoms with Crippen LogP contribution in [0.2, 0.25) is 0 Å². The molecule has 76 valence electrons. The molecular formula is C8H18N4O. The minimum absolute atomic E-state index is 0.0295. The van der Waals surface area contributed by atoms with Crippen molar-refractivity contribution < 1.29 is 4.79 Å². The quantitative estimate of drug-likeness (QED) is 0.291. The maximum atomic E-state index is 10.7. The first-order valence-electron chi connectivity index (χ1n) is 4.35. The van der Waals surface area contributed by atoms with E-state index in [0.29, 0.717) is 13.0 Å². The molecule has 13 heavy (non-hydrogen) atoms. The molecule has 0 fully saturated rings. The van der Waals surface area contributed by atoms with Gasteiger partial charge in [0.05, 0.1) is 6.04 Å². The maximum absolute atomic E-state index is 10.7. The van der Waals surface area contributed by atoms with Crippen molar-refractivity contribution in [2.45, 2.75) is 32.2 Å². The number of carbonyl (C=O) groups excluding carboxylic acids is 1. The molecule has 0 aromatic heterocycles. The second kappa shape index (κ2) is 6.42. The number of nitrogens with zero attached hydrogens (tertiary/aromatic N) is 1. The topological polar surface area (TPSA) is 107 Å². The molecule has 5 heteroatoms. The predicted molar refractivity (Wildman–Crippen MR) is 53.2 cm³/mol. The summed E-state index contributed by atoms with van der Waals surface area (Å²) in [4.78, 5) is 14.5. The van der Waals surface area contributed by atoms with Crippen molar-refractivity contribution in [3.05, 3.63) is 0 Å². The van der Waals surface area contributed by atoms with Crippen LogP contribution < -0.4 is 17.2 Å². The zero-order chi connectivity index (χ0) is 10.3. The maximum Gasteiger partial charge on any atom is 0.185 e. The molecule has 0 aromatic rings. The highest BCUT2D eigenvalue weighted by molar-refractivity contribution is 5.81. The molecule has 0 aliphatic rings. The minimum atomic E-state index is -0.334. The molecule has 0 bridgehead atoms. The first-order chi connectivity index (χ1) is 6.04. The van der Waals surface area contributed by atoms with Gasteiger partial charge < -0.3 is 17.2 Å². The highest BCUT2D eigenvalue weighted by atomic mass is 16.1. The van der Waals surface area contributed by atoms with Crippen LogP contribution in [0.5, 0.6) is 0 Å². The molecule has 0 heterocycles. The lowest BCUT2D eigenvalue weighted by Crippen LogP contribution is -2.28. The summed E-state index contributed by atoms with van der Waals surface area (Å²) in [5.41, 5.74) is 15.8. The fourth-order valence-corrected chi connectivity index (χ4v) is 0.887. The van der Waals surface area contributed by atoms with Crippen molar-refractivity contribution in [3.8, 4) is 0 Å². The Morgan fingerprint density at radius 3 is 2.46 bits per heavy atom. The highest BCUT2D eigenvalue weighted by Crippen LogP contribution is 1.99. The van der Waals surface area contributed by atoms with E-state index in [0.717, 1.165) is 12.8 Å². The number of hydrogen-bond acceptors (Lipinski definition) is 3. The molecule has 6 N–H and O–H groups in total. The molecule has 0 saturated heterocycles. The van der Waals surface area contributed by atoms with Crippen LogP contribution >= 0.6 is 0 Å².